The van der Waals surface area contributed by atoms with E-state index in [9.17, 15) is 50.8 Å². The Hall–Kier alpha value is -1.13. The van der Waals surface area contributed by atoms with Crippen LogP contribution in [0.1, 0.15) is 6.92 Å². The first-order valence-electron chi connectivity index (χ1n) is 11.6. The molecule has 3 saturated heterocycles. The first-order chi connectivity index (χ1) is 17.4. The van der Waals surface area contributed by atoms with E-state index in [1.54, 1.807) is 0 Å². The third-order valence-corrected chi connectivity index (χ3v) is 6.47. The van der Waals surface area contributed by atoms with Gasteiger partial charge in [0.25, 0.3) is 0 Å². The average molecular weight is 545 g/mol. The molecule has 0 aromatic heterocycles. The van der Waals surface area contributed by atoms with Gasteiger partial charge in [-0.15, -0.1) is 0 Å². The standard InChI is InChI=1S/C20H35NO16/c1-5(25)21-9-16(10(27)7(3-23)33-18(9)32)36-20-14(31)17(11(28)8(4-24)34-20)37-19-13(30)12(29)15(35-19)6(26)2-22/h6-20,22-24,26-32H,2-4H2,1H3,(H,21,25)/t6-,7-,8-,9-,10-,11+,12-,13-,14-,15+,16-,17+,18-,19+,20-/m1/s1. The van der Waals surface area contributed by atoms with Crippen molar-refractivity contribution >= 4 is 5.91 Å². The predicted molar refractivity (Wildman–Crippen MR) is 113 cm³/mol. The van der Waals surface area contributed by atoms with Crippen LogP contribution < -0.4 is 5.32 Å². The molecule has 3 aliphatic rings. The van der Waals surface area contributed by atoms with Crippen molar-refractivity contribution in [3.8, 4) is 0 Å². The number of hydrogen-bond acceptors (Lipinski definition) is 16. The van der Waals surface area contributed by atoms with E-state index in [1.165, 1.54) is 0 Å². The lowest BCUT2D eigenvalue weighted by atomic mass is 9.95. The fourth-order valence-corrected chi connectivity index (χ4v) is 4.48. The quantitative estimate of drug-likeness (QED) is 0.128. The fourth-order valence-electron chi connectivity index (χ4n) is 4.48. The highest BCUT2D eigenvalue weighted by Gasteiger charge is 2.54. The van der Waals surface area contributed by atoms with E-state index in [0.717, 1.165) is 6.92 Å². The zero-order chi connectivity index (χ0) is 27.6. The van der Waals surface area contributed by atoms with Gasteiger partial charge in [0.15, 0.2) is 18.9 Å². The topological polar surface area (TPSA) is 278 Å². The van der Waals surface area contributed by atoms with Gasteiger partial charge in [0.05, 0.1) is 19.8 Å². The molecule has 1 amide bonds. The minimum atomic E-state index is -1.91. The first kappa shape index (κ1) is 30.4. The summed E-state index contributed by atoms with van der Waals surface area (Å²) in [7, 11) is 0. The lowest BCUT2D eigenvalue weighted by molar-refractivity contribution is -0.357. The van der Waals surface area contributed by atoms with Gasteiger partial charge in [0.1, 0.15) is 73.2 Å². The lowest BCUT2D eigenvalue weighted by Crippen LogP contribution is -2.68. The van der Waals surface area contributed by atoms with E-state index in [1.807, 2.05) is 0 Å². The molecule has 15 atom stereocenters. The molecule has 17 nitrogen and oxygen atoms in total. The van der Waals surface area contributed by atoms with E-state index in [0.29, 0.717) is 0 Å². The predicted octanol–water partition coefficient (Wildman–Crippen LogP) is -7.43. The van der Waals surface area contributed by atoms with E-state index >= 15 is 0 Å². The summed E-state index contributed by atoms with van der Waals surface area (Å²) in [6.45, 7) is -1.26. The van der Waals surface area contributed by atoms with Gasteiger partial charge in [-0.05, 0) is 0 Å². The largest absolute Gasteiger partial charge is 0.394 e. The van der Waals surface area contributed by atoms with Gasteiger partial charge in [-0.1, -0.05) is 0 Å². The molecular formula is C20H35NO16. The first-order valence-corrected chi connectivity index (χ1v) is 11.6. The summed E-state index contributed by atoms with van der Waals surface area (Å²) in [5, 5.41) is 103. The van der Waals surface area contributed by atoms with E-state index in [2.05, 4.69) is 5.32 Å². The molecule has 3 aliphatic heterocycles. The Labute approximate surface area is 210 Å². The second kappa shape index (κ2) is 12.8. The van der Waals surface area contributed by atoms with Crippen molar-refractivity contribution < 1.29 is 79.5 Å². The maximum absolute atomic E-state index is 11.6. The molecule has 17 heteroatoms. The molecule has 3 heterocycles. The molecule has 0 aliphatic carbocycles. The fraction of sp³-hybridized carbons (Fsp3) is 0.950. The summed E-state index contributed by atoms with van der Waals surface area (Å²) >= 11 is 0. The van der Waals surface area contributed by atoms with E-state index < -0.39 is 118 Å². The molecule has 0 radical (unpaired) electrons. The highest BCUT2D eigenvalue weighted by Crippen LogP contribution is 2.33. The number of ether oxygens (including phenoxy) is 5. The van der Waals surface area contributed by atoms with Crippen LogP contribution in [0, 0.1) is 0 Å². The highest BCUT2D eigenvalue weighted by molar-refractivity contribution is 5.73. The van der Waals surface area contributed by atoms with Crippen LogP contribution in [0.3, 0.4) is 0 Å². The summed E-state index contributed by atoms with van der Waals surface area (Å²) in [6.07, 6.45) is -23.1. The number of aliphatic hydroxyl groups is 10. The maximum Gasteiger partial charge on any atom is 0.217 e. The lowest BCUT2D eigenvalue weighted by Gasteiger charge is -2.47. The smallest absolute Gasteiger partial charge is 0.217 e. The van der Waals surface area contributed by atoms with Crippen LogP contribution >= 0.6 is 0 Å². The van der Waals surface area contributed by atoms with Gasteiger partial charge < -0.3 is 80.1 Å². The Morgan fingerprint density at radius 2 is 1.32 bits per heavy atom. The second-order valence-corrected chi connectivity index (χ2v) is 9.07. The van der Waals surface area contributed by atoms with Crippen molar-refractivity contribution in [2.45, 2.75) is 99.0 Å². The zero-order valence-electron chi connectivity index (χ0n) is 19.7. The van der Waals surface area contributed by atoms with Crippen LogP contribution in [-0.2, 0) is 28.5 Å². The number of carbonyl (C=O) groups is 1. The number of aliphatic hydroxyl groups excluding tert-OH is 10. The monoisotopic (exact) mass is 545 g/mol. The highest BCUT2D eigenvalue weighted by atomic mass is 16.7. The molecule has 216 valence electrons. The summed E-state index contributed by atoms with van der Waals surface area (Å²) in [5.41, 5.74) is 0. The molecule has 37 heavy (non-hydrogen) atoms. The molecule has 0 unspecified atom stereocenters. The number of nitrogens with one attached hydrogen (secondary N) is 1. The molecular weight excluding hydrogens is 510 g/mol. The van der Waals surface area contributed by atoms with Crippen LogP contribution in [0.25, 0.3) is 0 Å². The Bertz CT molecular complexity index is 747. The Morgan fingerprint density at radius 3 is 1.89 bits per heavy atom. The van der Waals surface area contributed by atoms with E-state index in [-0.39, 0.29) is 0 Å². The molecule has 11 N–H and O–H groups in total. The normalized spacial score (nSPS) is 47.5. The molecule has 3 rings (SSSR count). The number of carbonyl (C=O) groups excluding carboxylic acids is 1. The van der Waals surface area contributed by atoms with Crippen molar-refractivity contribution in [1.82, 2.24) is 5.32 Å². The number of rotatable bonds is 9. The summed E-state index contributed by atoms with van der Waals surface area (Å²) in [4.78, 5) is 11.6. The minimum absolute atomic E-state index is 0.642. The molecule has 0 saturated carbocycles. The molecule has 0 spiro atoms. The summed E-state index contributed by atoms with van der Waals surface area (Å²) in [5.74, 6) is -0.642. The van der Waals surface area contributed by atoms with Crippen molar-refractivity contribution in [1.29, 1.82) is 0 Å². The molecule has 0 bridgehead atoms. The molecule has 0 aromatic rings. The Balaban J connectivity index is 1.81. The second-order valence-electron chi connectivity index (χ2n) is 9.07. The number of amides is 1. The van der Waals surface area contributed by atoms with Crippen LogP contribution in [-0.4, -0.2) is 169 Å². The molecule has 3 fully saturated rings. The van der Waals surface area contributed by atoms with Gasteiger partial charge >= 0.3 is 0 Å². The van der Waals surface area contributed by atoms with Crippen molar-refractivity contribution in [3.63, 3.8) is 0 Å². The summed E-state index contributed by atoms with van der Waals surface area (Å²) < 4.78 is 26.9. The molecule has 0 aromatic carbocycles. The van der Waals surface area contributed by atoms with Gasteiger partial charge in [0, 0.05) is 6.92 Å². The van der Waals surface area contributed by atoms with Crippen molar-refractivity contribution in [2.24, 2.45) is 0 Å². The summed E-state index contributed by atoms with van der Waals surface area (Å²) in [6, 6.07) is -1.40. The third kappa shape index (κ3) is 6.38. The van der Waals surface area contributed by atoms with Gasteiger partial charge in [-0.25, -0.2) is 0 Å². The van der Waals surface area contributed by atoms with Crippen LogP contribution in [0.15, 0.2) is 0 Å². The van der Waals surface area contributed by atoms with Gasteiger partial charge in [-0.2, -0.15) is 0 Å². The SMILES string of the molecule is CC(=O)N[C@@H]1[C@@H](O[C@H]2O[C@H](CO)[C@H](O)[C@H](O[C@@H]3O[C@@H]([C@H](O)CO)[C@H](O)[C@H]3O)[C@H]2O)[C@H](O)[C@@H](CO)O[C@H]1O. The van der Waals surface area contributed by atoms with Crippen LogP contribution in [0.4, 0.5) is 0 Å². The Kier molecular flexibility index (Phi) is 10.5. The third-order valence-electron chi connectivity index (χ3n) is 6.47. The van der Waals surface area contributed by atoms with Gasteiger partial charge in [0.2, 0.25) is 5.91 Å². The Morgan fingerprint density at radius 1 is 0.784 bits per heavy atom. The van der Waals surface area contributed by atoms with Crippen LogP contribution in [0.5, 0.6) is 0 Å². The van der Waals surface area contributed by atoms with Crippen molar-refractivity contribution in [2.75, 3.05) is 19.8 Å². The van der Waals surface area contributed by atoms with E-state index in [4.69, 9.17) is 28.8 Å². The average Bonchev–Trinajstić information content (AvgIpc) is 3.14. The maximum atomic E-state index is 11.6. The minimum Gasteiger partial charge on any atom is -0.394 e. The van der Waals surface area contributed by atoms with Crippen LogP contribution in [0.2, 0.25) is 0 Å². The zero-order valence-corrected chi connectivity index (χ0v) is 19.7. The number of hydrogen-bond donors (Lipinski definition) is 11. The van der Waals surface area contributed by atoms with Crippen molar-refractivity contribution in [3.05, 3.63) is 0 Å². The van der Waals surface area contributed by atoms with Gasteiger partial charge in [-0.3, -0.25) is 4.79 Å².